The summed E-state index contributed by atoms with van der Waals surface area (Å²) in [5.41, 5.74) is 2.93. The molecule has 0 aliphatic carbocycles. The summed E-state index contributed by atoms with van der Waals surface area (Å²) in [6.07, 6.45) is 0. The maximum atomic E-state index is 12.7. The van der Waals surface area contributed by atoms with Crippen LogP contribution in [0, 0.1) is 13.8 Å². The number of primary sulfonamides is 1. The van der Waals surface area contributed by atoms with Gasteiger partial charge in [0.05, 0.1) is 17.0 Å². The van der Waals surface area contributed by atoms with E-state index >= 15 is 0 Å². The van der Waals surface area contributed by atoms with E-state index in [9.17, 15) is 23.1 Å². The van der Waals surface area contributed by atoms with Crippen LogP contribution in [0.4, 0.5) is 0 Å². The quantitative estimate of drug-likeness (QED) is 0.777. The highest BCUT2D eigenvalue weighted by molar-refractivity contribution is 7.89. The molecule has 2 aromatic carbocycles. The summed E-state index contributed by atoms with van der Waals surface area (Å²) in [7, 11) is -3.83. The molecule has 0 atom stereocenters. The molecule has 0 unspecified atom stereocenters. The largest absolute Gasteiger partial charge is 0.502 e. The van der Waals surface area contributed by atoms with Crippen molar-refractivity contribution in [3.63, 3.8) is 0 Å². The van der Waals surface area contributed by atoms with Gasteiger partial charge in [-0.3, -0.25) is 14.5 Å². The van der Waals surface area contributed by atoms with Gasteiger partial charge in [0, 0.05) is 0 Å². The van der Waals surface area contributed by atoms with Crippen LogP contribution in [0.3, 0.4) is 0 Å². The lowest BCUT2D eigenvalue weighted by atomic mass is 10.00. The lowest BCUT2D eigenvalue weighted by Gasteiger charge is -2.15. The minimum atomic E-state index is -3.83. The van der Waals surface area contributed by atoms with Crippen molar-refractivity contribution in [3.8, 4) is 0 Å². The summed E-state index contributed by atoms with van der Waals surface area (Å²) >= 11 is 0. The van der Waals surface area contributed by atoms with Crippen molar-refractivity contribution in [2.24, 2.45) is 5.14 Å². The number of carbonyl (C=O) groups is 2. The van der Waals surface area contributed by atoms with Gasteiger partial charge in [-0.1, -0.05) is 30.3 Å². The summed E-state index contributed by atoms with van der Waals surface area (Å²) in [5.74, 6) is -1.98. The van der Waals surface area contributed by atoms with Gasteiger partial charge in [0.2, 0.25) is 10.0 Å². The molecule has 1 heterocycles. The number of benzene rings is 2. The number of hydrogen-bond donors (Lipinski definition) is 2. The Morgan fingerprint density at radius 3 is 2.15 bits per heavy atom. The zero-order valence-electron chi connectivity index (χ0n) is 14.8. The number of sulfonamides is 1. The highest BCUT2D eigenvalue weighted by atomic mass is 32.2. The molecule has 140 valence electrons. The molecule has 2 amide bonds. The molecular formula is C19H18N2O5S. The highest BCUT2D eigenvalue weighted by Gasteiger charge is 2.39. The average Bonchev–Trinajstić information content (AvgIpc) is 2.81. The first kappa shape index (κ1) is 18.8. The minimum absolute atomic E-state index is 0.0377. The third-order valence-electron chi connectivity index (χ3n) is 4.53. The Morgan fingerprint density at radius 1 is 0.963 bits per heavy atom. The Kier molecular flexibility index (Phi) is 4.63. The van der Waals surface area contributed by atoms with Gasteiger partial charge in [0.15, 0.2) is 5.76 Å². The van der Waals surface area contributed by atoms with Crippen molar-refractivity contribution in [1.82, 2.24) is 4.90 Å². The molecule has 7 nitrogen and oxygen atoms in total. The standard InChI is InChI=1S/C19H18N2O5S/c1-11-3-6-14(9-12(11)2)16-17(22)19(24)21(18(16)23)10-13-4-7-15(8-5-13)27(20,25)26/h3-9,22H,10H2,1-2H3,(H2,20,25,26). The van der Waals surface area contributed by atoms with Crippen LogP contribution in [0.25, 0.3) is 5.57 Å². The molecule has 8 heteroatoms. The van der Waals surface area contributed by atoms with E-state index in [-0.39, 0.29) is 17.0 Å². The molecule has 0 saturated carbocycles. The van der Waals surface area contributed by atoms with E-state index in [2.05, 4.69) is 0 Å². The van der Waals surface area contributed by atoms with Gasteiger partial charge in [-0.25, -0.2) is 13.6 Å². The Morgan fingerprint density at radius 2 is 1.59 bits per heavy atom. The van der Waals surface area contributed by atoms with Gasteiger partial charge in [-0.15, -0.1) is 0 Å². The zero-order chi connectivity index (χ0) is 19.9. The Labute approximate surface area is 156 Å². The molecule has 0 radical (unpaired) electrons. The number of nitrogens with zero attached hydrogens (tertiary/aromatic N) is 1. The zero-order valence-corrected chi connectivity index (χ0v) is 15.6. The first-order chi connectivity index (χ1) is 12.6. The Hall–Kier alpha value is -2.97. The minimum Gasteiger partial charge on any atom is -0.502 e. The fourth-order valence-electron chi connectivity index (χ4n) is 2.83. The number of aliphatic hydroxyl groups excluding tert-OH is 1. The first-order valence-corrected chi connectivity index (χ1v) is 9.63. The fourth-order valence-corrected chi connectivity index (χ4v) is 3.35. The molecular weight excluding hydrogens is 368 g/mol. The van der Waals surface area contributed by atoms with Crippen LogP contribution in [-0.2, 0) is 26.2 Å². The SMILES string of the molecule is Cc1ccc(C2=C(O)C(=O)N(Cc3ccc(S(N)(=O)=O)cc3)C2=O)cc1C. The number of rotatable bonds is 4. The summed E-state index contributed by atoms with van der Waals surface area (Å²) in [4.78, 5) is 25.9. The van der Waals surface area contributed by atoms with E-state index < -0.39 is 27.6 Å². The lowest BCUT2D eigenvalue weighted by molar-refractivity contribution is -0.138. The fraction of sp³-hybridized carbons (Fsp3) is 0.158. The van der Waals surface area contributed by atoms with Crippen molar-refractivity contribution in [3.05, 3.63) is 70.5 Å². The monoisotopic (exact) mass is 386 g/mol. The summed E-state index contributed by atoms with van der Waals surface area (Å²) in [5, 5.41) is 15.3. The number of imide groups is 1. The van der Waals surface area contributed by atoms with Crippen LogP contribution in [0.1, 0.15) is 22.3 Å². The van der Waals surface area contributed by atoms with Crippen LogP contribution in [0.15, 0.2) is 53.1 Å². The third kappa shape index (κ3) is 3.49. The van der Waals surface area contributed by atoms with Crippen molar-refractivity contribution in [2.75, 3.05) is 0 Å². The first-order valence-electron chi connectivity index (χ1n) is 8.08. The smallest absolute Gasteiger partial charge is 0.296 e. The van der Waals surface area contributed by atoms with Crippen LogP contribution in [0.5, 0.6) is 0 Å². The van der Waals surface area contributed by atoms with E-state index in [1.807, 2.05) is 19.9 Å². The summed E-state index contributed by atoms with van der Waals surface area (Å²) in [6.45, 7) is 3.70. The number of aliphatic hydroxyl groups is 1. The predicted octanol–water partition coefficient (Wildman–Crippen LogP) is 1.79. The van der Waals surface area contributed by atoms with E-state index in [1.165, 1.54) is 24.3 Å². The second kappa shape index (κ2) is 6.64. The Bertz CT molecular complexity index is 1090. The van der Waals surface area contributed by atoms with Crippen LogP contribution in [-0.4, -0.2) is 30.2 Å². The van der Waals surface area contributed by atoms with Crippen LogP contribution < -0.4 is 5.14 Å². The lowest BCUT2D eigenvalue weighted by Crippen LogP contribution is -2.31. The van der Waals surface area contributed by atoms with Gasteiger partial charge in [-0.2, -0.15) is 0 Å². The number of carbonyl (C=O) groups excluding carboxylic acids is 2. The van der Waals surface area contributed by atoms with Gasteiger partial charge in [0.1, 0.15) is 0 Å². The Balaban J connectivity index is 1.88. The summed E-state index contributed by atoms with van der Waals surface area (Å²) in [6, 6.07) is 10.8. The second-order valence-corrected chi connectivity index (χ2v) is 7.97. The van der Waals surface area contributed by atoms with Crippen LogP contribution in [0.2, 0.25) is 0 Å². The second-order valence-electron chi connectivity index (χ2n) is 6.41. The number of nitrogens with two attached hydrogens (primary N) is 1. The summed E-state index contributed by atoms with van der Waals surface area (Å²) < 4.78 is 22.6. The molecule has 27 heavy (non-hydrogen) atoms. The average molecular weight is 386 g/mol. The predicted molar refractivity (Wildman–Crippen MR) is 98.8 cm³/mol. The van der Waals surface area contributed by atoms with Crippen molar-refractivity contribution >= 4 is 27.4 Å². The maximum absolute atomic E-state index is 12.7. The molecule has 1 aliphatic rings. The number of amides is 2. The maximum Gasteiger partial charge on any atom is 0.296 e. The van der Waals surface area contributed by atoms with Gasteiger partial charge in [0.25, 0.3) is 11.8 Å². The van der Waals surface area contributed by atoms with Crippen LogP contribution >= 0.6 is 0 Å². The third-order valence-corrected chi connectivity index (χ3v) is 5.46. The van der Waals surface area contributed by atoms with E-state index in [0.717, 1.165) is 16.0 Å². The number of aryl methyl sites for hydroxylation is 2. The van der Waals surface area contributed by atoms with Gasteiger partial charge < -0.3 is 5.11 Å². The number of hydrogen-bond acceptors (Lipinski definition) is 5. The highest BCUT2D eigenvalue weighted by Crippen LogP contribution is 2.30. The van der Waals surface area contributed by atoms with Crippen molar-refractivity contribution < 1.29 is 23.1 Å². The van der Waals surface area contributed by atoms with E-state index in [4.69, 9.17) is 5.14 Å². The molecule has 1 aliphatic heterocycles. The molecule has 2 aromatic rings. The van der Waals surface area contributed by atoms with Gasteiger partial charge >= 0.3 is 0 Å². The molecule has 0 spiro atoms. The van der Waals surface area contributed by atoms with E-state index in [0.29, 0.717) is 11.1 Å². The van der Waals surface area contributed by atoms with Crippen molar-refractivity contribution in [2.45, 2.75) is 25.3 Å². The van der Waals surface area contributed by atoms with Gasteiger partial charge in [-0.05, 0) is 48.2 Å². The molecule has 0 fully saturated rings. The molecule has 0 aromatic heterocycles. The van der Waals surface area contributed by atoms with Crippen molar-refractivity contribution in [1.29, 1.82) is 0 Å². The molecule has 0 saturated heterocycles. The topological polar surface area (TPSA) is 118 Å². The molecule has 3 rings (SSSR count). The normalized spacial score (nSPS) is 15.0. The molecule has 3 N–H and O–H groups in total. The molecule has 0 bridgehead atoms. The van der Waals surface area contributed by atoms with E-state index in [1.54, 1.807) is 12.1 Å².